The van der Waals surface area contributed by atoms with Crippen LogP contribution in [0.1, 0.15) is 5.56 Å². The summed E-state index contributed by atoms with van der Waals surface area (Å²) in [6.45, 7) is 1.91. The van der Waals surface area contributed by atoms with E-state index in [1.807, 2.05) is 13.0 Å². The average molecular weight is 268 g/mol. The lowest BCUT2D eigenvalue weighted by atomic mass is 10.1. The topological polar surface area (TPSA) is 74.9 Å². The van der Waals surface area contributed by atoms with Crippen molar-refractivity contribution < 1.29 is 5.11 Å². The summed E-state index contributed by atoms with van der Waals surface area (Å²) < 4.78 is 0.927. The Morgan fingerprint density at radius 1 is 1.40 bits per heavy atom. The summed E-state index contributed by atoms with van der Waals surface area (Å²) in [4.78, 5) is 0. The van der Waals surface area contributed by atoms with Crippen molar-refractivity contribution in [3.8, 4) is 16.9 Å². The zero-order valence-corrected chi connectivity index (χ0v) is 9.67. The number of nitrogens with one attached hydrogen (secondary N) is 1. The number of hydrogen-bond acceptors (Lipinski definition) is 3. The van der Waals surface area contributed by atoms with Crippen molar-refractivity contribution in [1.82, 2.24) is 10.2 Å². The third-order valence-electron chi connectivity index (χ3n) is 2.24. The summed E-state index contributed by atoms with van der Waals surface area (Å²) in [6, 6.07) is 3.51. The Balaban J connectivity index is 2.64. The van der Waals surface area contributed by atoms with E-state index in [9.17, 15) is 5.11 Å². The van der Waals surface area contributed by atoms with Crippen LogP contribution in [0, 0.1) is 6.92 Å². The van der Waals surface area contributed by atoms with E-state index in [0.29, 0.717) is 16.9 Å². The molecule has 1 heterocycles. The lowest BCUT2D eigenvalue weighted by molar-refractivity contribution is 0.477. The molecule has 0 bridgehead atoms. The summed E-state index contributed by atoms with van der Waals surface area (Å²) in [7, 11) is 0. The Kier molecular flexibility index (Phi) is 2.40. The van der Waals surface area contributed by atoms with E-state index in [2.05, 4.69) is 26.1 Å². The van der Waals surface area contributed by atoms with Crippen molar-refractivity contribution in [2.45, 2.75) is 6.92 Å². The minimum Gasteiger partial charge on any atom is -0.507 e. The second-order valence-electron chi connectivity index (χ2n) is 3.32. The maximum atomic E-state index is 9.79. The van der Waals surface area contributed by atoms with E-state index in [1.54, 1.807) is 12.3 Å². The van der Waals surface area contributed by atoms with Crippen LogP contribution in [-0.4, -0.2) is 15.3 Å². The number of aryl methyl sites for hydroxylation is 1. The van der Waals surface area contributed by atoms with Gasteiger partial charge in [0, 0.05) is 15.6 Å². The van der Waals surface area contributed by atoms with E-state index in [4.69, 9.17) is 5.73 Å². The van der Waals surface area contributed by atoms with Gasteiger partial charge in [-0.2, -0.15) is 5.10 Å². The van der Waals surface area contributed by atoms with Crippen LogP contribution in [0.15, 0.2) is 22.8 Å². The molecule has 15 heavy (non-hydrogen) atoms. The van der Waals surface area contributed by atoms with Gasteiger partial charge >= 0.3 is 0 Å². The molecular weight excluding hydrogens is 258 g/mol. The molecule has 4 nitrogen and oxygen atoms in total. The van der Waals surface area contributed by atoms with Gasteiger partial charge in [0.25, 0.3) is 0 Å². The van der Waals surface area contributed by atoms with Crippen molar-refractivity contribution >= 4 is 21.7 Å². The number of aromatic amines is 1. The van der Waals surface area contributed by atoms with Gasteiger partial charge in [0.05, 0.1) is 6.20 Å². The average Bonchev–Trinajstić information content (AvgIpc) is 2.58. The normalized spacial score (nSPS) is 10.5. The zero-order chi connectivity index (χ0) is 11.0. The van der Waals surface area contributed by atoms with Crippen LogP contribution in [0.5, 0.6) is 5.75 Å². The van der Waals surface area contributed by atoms with Crippen LogP contribution in [0.25, 0.3) is 11.1 Å². The van der Waals surface area contributed by atoms with Gasteiger partial charge < -0.3 is 10.8 Å². The molecule has 0 saturated heterocycles. The fourth-order valence-corrected chi connectivity index (χ4v) is 1.74. The highest BCUT2D eigenvalue weighted by atomic mass is 79.9. The summed E-state index contributed by atoms with van der Waals surface area (Å²) in [5, 5.41) is 16.2. The minimum absolute atomic E-state index is 0.198. The molecule has 0 aliphatic heterocycles. The molecular formula is C10H10BrN3O. The van der Waals surface area contributed by atoms with Gasteiger partial charge in [-0.3, -0.25) is 5.10 Å². The Hall–Kier alpha value is -1.49. The number of halogens is 1. The summed E-state index contributed by atoms with van der Waals surface area (Å²) in [5.74, 6) is 0.643. The van der Waals surface area contributed by atoms with Gasteiger partial charge in [0.2, 0.25) is 0 Å². The SMILES string of the molecule is Cc1cc(O)c(-c2cn[nH]c2N)cc1Br. The van der Waals surface area contributed by atoms with Crippen LogP contribution >= 0.6 is 15.9 Å². The molecule has 0 atom stereocenters. The van der Waals surface area contributed by atoms with Gasteiger partial charge in [-0.05, 0) is 24.6 Å². The number of rotatable bonds is 1. The molecule has 0 aliphatic rings. The third-order valence-corrected chi connectivity index (χ3v) is 3.09. The van der Waals surface area contributed by atoms with Crippen LogP contribution in [0.3, 0.4) is 0 Å². The van der Waals surface area contributed by atoms with E-state index >= 15 is 0 Å². The maximum absolute atomic E-state index is 9.79. The number of H-pyrrole nitrogens is 1. The first-order valence-corrected chi connectivity index (χ1v) is 5.17. The summed E-state index contributed by atoms with van der Waals surface area (Å²) >= 11 is 3.41. The fourth-order valence-electron chi connectivity index (χ4n) is 1.39. The first-order chi connectivity index (χ1) is 7.09. The second-order valence-corrected chi connectivity index (χ2v) is 4.17. The first kappa shape index (κ1) is 10.0. The number of nitrogens with two attached hydrogens (primary N) is 1. The van der Waals surface area contributed by atoms with Gasteiger partial charge in [-0.15, -0.1) is 0 Å². The summed E-state index contributed by atoms with van der Waals surface area (Å²) in [5.41, 5.74) is 8.02. The minimum atomic E-state index is 0.198. The van der Waals surface area contributed by atoms with E-state index in [-0.39, 0.29) is 5.75 Å². The number of phenolic OH excluding ortho intramolecular Hbond substituents is 1. The van der Waals surface area contributed by atoms with Gasteiger partial charge in [-0.1, -0.05) is 15.9 Å². The third kappa shape index (κ3) is 1.70. The van der Waals surface area contributed by atoms with Crippen LogP contribution < -0.4 is 5.73 Å². The number of phenols is 1. The van der Waals surface area contributed by atoms with E-state index in [0.717, 1.165) is 10.0 Å². The Morgan fingerprint density at radius 2 is 2.13 bits per heavy atom. The van der Waals surface area contributed by atoms with Crippen molar-refractivity contribution in [3.63, 3.8) is 0 Å². The fraction of sp³-hybridized carbons (Fsp3) is 0.100. The molecule has 4 N–H and O–H groups in total. The maximum Gasteiger partial charge on any atom is 0.126 e. The lowest BCUT2D eigenvalue weighted by Gasteiger charge is -2.06. The van der Waals surface area contributed by atoms with Crippen molar-refractivity contribution in [2.24, 2.45) is 0 Å². The molecule has 0 amide bonds. The number of nitrogen functional groups attached to an aromatic ring is 1. The number of anilines is 1. The molecule has 5 heteroatoms. The molecule has 2 aromatic rings. The monoisotopic (exact) mass is 267 g/mol. The number of hydrogen-bond donors (Lipinski definition) is 3. The van der Waals surface area contributed by atoms with E-state index < -0.39 is 0 Å². The zero-order valence-electron chi connectivity index (χ0n) is 8.08. The smallest absolute Gasteiger partial charge is 0.126 e. The Morgan fingerprint density at radius 3 is 2.73 bits per heavy atom. The first-order valence-electron chi connectivity index (χ1n) is 4.38. The van der Waals surface area contributed by atoms with Crippen molar-refractivity contribution in [1.29, 1.82) is 0 Å². The van der Waals surface area contributed by atoms with Gasteiger partial charge in [0.15, 0.2) is 0 Å². The van der Waals surface area contributed by atoms with Gasteiger partial charge in [-0.25, -0.2) is 0 Å². The largest absolute Gasteiger partial charge is 0.507 e. The van der Waals surface area contributed by atoms with Crippen LogP contribution in [-0.2, 0) is 0 Å². The number of benzene rings is 1. The van der Waals surface area contributed by atoms with Gasteiger partial charge in [0.1, 0.15) is 11.6 Å². The molecule has 0 aliphatic carbocycles. The molecule has 0 unspecified atom stereocenters. The molecule has 0 radical (unpaired) electrons. The predicted octanol–water partition coefficient (Wildman–Crippen LogP) is 2.44. The molecule has 78 valence electrons. The van der Waals surface area contributed by atoms with Crippen molar-refractivity contribution in [2.75, 3.05) is 5.73 Å². The number of aromatic nitrogens is 2. The lowest BCUT2D eigenvalue weighted by Crippen LogP contribution is -1.89. The standard InChI is InChI=1S/C10H10BrN3O/c1-5-2-9(15)6(3-8(5)11)7-4-13-14-10(7)12/h2-4,15H,1H3,(H3,12,13,14). The summed E-state index contributed by atoms with van der Waals surface area (Å²) in [6.07, 6.45) is 1.59. The molecule has 1 aromatic heterocycles. The molecule has 0 fully saturated rings. The van der Waals surface area contributed by atoms with Crippen LogP contribution in [0.4, 0.5) is 5.82 Å². The molecule has 0 spiro atoms. The Labute approximate surface area is 95.3 Å². The molecule has 0 saturated carbocycles. The second kappa shape index (κ2) is 3.58. The number of aromatic hydroxyl groups is 1. The molecule has 2 rings (SSSR count). The molecule has 1 aromatic carbocycles. The number of nitrogens with zero attached hydrogens (tertiary/aromatic N) is 1. The highest BCUT2D eigenvalue weighted by Gasteiger charge is 2.11. The van der Waals surface area contributed by atoms with Crippen LogP contribution in [0.2, 0.25) is 0 Å². The van der Waals surface area contributed by atoms with E-state index in [1.165, 1.54) is 0 Å². The van der Waals surface area contributed by atoms with Crippen molar-refractivity contribution in [3.05, 3.63) is 28.4 Å². The Bertz CT molecular complexity index is 507. The quantitative estimate of drug-likeness (QED) is 0.743. The highest BCUT2D eigenvalue weighted by Crippen LogP contribution is 2.35. The highest BCUT2D eigenvalue weighted by molar-refractivity contribution is 9.10. The predicted molar refractivity (Wildman–Crippen MR) is 62.5 cm³/mol.